The fraction of sp³-hybridized carbons (Fsp3) is 0.509. The van der Waals surface area contributed by atoms with Crippen LogP contribution in [0.5, 0.6) is 5.75 Å². The number of cyclic esters (lactones) is 1. The number of rotatable bonds is 21. The van der Waals surface area contributed by atoms with Gasteiger partial charge in [-0.2, -0.15) is 0 Å². The van der Waals surface area contributed by atoms with Crippen molar-refractivity contribution in [2.24, 2.45) is 11.8 Å². The highest BCUT2D eigenvalue weighted by Crippen LogP contribution is 2.46. The van der Waals surface area contributed by atoms with Crippen molar-refractivity contribution in [1.82, 2.24) is 29.6 Å². The van der Waals surface area contributed by atoms with E-state index in [2.05, 4.69) is 10.6 Å². The Morgan fingerprint density at radius 1 is 1.00 bits per heavy atom. The Kier molecular flexibility index (Phi) is 18.2. The predicted molar refractivity (Wildman–Crippen MR) is 298 cm³/mol. The lowest BCUT2D eigenvalue weighted by molar-refractivity contribution is -0.271. The van der Waals surface area contributed by atoms with Gasteiger partial charge in [-0.25, -0.2) is 32.2 Å². The van der Waals surface area contributed by atoms with E-state index in [0.717, 1.165) is 21.0 Å². The number of likely N-dealkylation sites (tertiary alicyclic amines) is 1. The van der Waals surface area contributed by atoms with Crippen LogP contribution in [0.1, 0.15) is 91.4 Å². The maximum atomic E-state index is 15.5. The highest BCUT2D eigenvalue weighted by molar-refractivity contribution is 7.90. The number of aliphatic carboxylic acids is 1. The minimum absolute atomic E-state index is 0.00861. The van der Waals surface area contributed by atoms with Gasteiger partial charge in [0, 0.05) is 67.7 Å². The number of aryl methyl sites for hydroxylation is 1. The molecular formula is C57H66FN7O21S. The third-order valence-electron chi connectivity index (χ3n) is 16.4. The molecule has 468 valence electrons. The minimum Gasteiger partial charge on any atom is -0.479 e. The zero-order valence-corrected chi connectivity index (χ0v) is 49.0. The number of ether oxygens (including phenoxy) is 5. The Morgan fingerprint density at radius 3 is 2.41 bits per heavy atom. The van der Waals surface area contributed by atoms with Crippen molar-refractivity contribution in [1.29, 1.82) is 0 Å². The van der Waals surface area contributed by atoms with Crippen LogP contribution in [0.2, 0.25) is 0 Å². The first kappa shape index (κ1) is 63.5. The molecule has 2 saturated heterocycles. The third-order valence-corrected chi connectivity index (χ3v) is 17.3. The van der Waals surface area contributed by atoms with E-state index in [0.29, 0.717) is 34.1 Å². The predicted octanol–water partition coefficient (Wildman–Crippen LogP) is 0.377. The van der Waals surface area contributed by atoms with Gasteiger partial charge in [0.1, 0.15) is 66.3 Å². The molecular weight excluding hydrogens is 1170 g/mol. The van der Waals surface area contributed by atoms with Crippen LogP contribution in [-0.2, 0) is 94.1 Å². The number of benzene rings is 2. The van der Waals surface area contributed by atoms with Gasteiger partial charge < -0.3 is 69.3 Å². The summed E-state index contributed by atoms with van der Waals surface area (Å²) in [4.78, 5) is 126. The number of fused-ring (bicyclic) bond motifs is 5. The SMILES string of the molecule is CC[C@@]1(O)C(=O)OCc2c1cc1n(c2=O)Cc2c-1nc1cc(F)c(C)c3c1c2[C@@H](NC(=O)COCN(CCS(C)(=O)=O)C(=O)OCc1ccc(O[C@@H]2OC(C(=O)O)[C@@H](O)[C@H](O)C2O)c(NC(=O)CN(C)C(=O)CCN2C(=O)CC(C(C)C)C2=O)c1)CC3. The highest BCUT2D eigenvalue weighted by Gasteiger charge is 2.49. The molecule has 0 saturated carbocycles. The van der Waals surface area contributed by atoms with E-state index < -0.39 is 156 Å². The van der Waals surface area contributed by atoms with E-state index in [9.17, 15) is 77.1 Å². The molecule has 0 bridgehead atoms. The lowest BCUT2D eigenvalue weighted by atomic mass is 9.81. The number of carboxylic acid groups (broad SMARTS) is 1. The molecule has 4 aliphatic heterocycles. The van der Waals surface area contributed by atoms with Crippen LogP contribution >= 0.6 is 0 Å². The number of aliphatic hydroxyl groups excluding tert-OH is 3. The van der Waals surface area contributed by atoms with Crippen LogP contribution in [0.3, 0.4) is 0 Å². The number of aliphatic hydroxyl groups is 4. The number of hydrogen-bond donors (Lipinski definition) is 7. The first-order chi connectivity index (χ1) is 41.0. The normalized spacial score (nSPS) is 23.0. The summed E-state index contributed by atoms with van der Waals surface area (Å²) in [5.74, 6) is -7.69. The Labute approximate surface area is 496 Å². The number of carbonyl (C=O) groups excluding carboxylic acids is 7. The molecule has 6 amide bonds. The summed E-state index contributed by atoms with van der Waals surface area (Å²) in [6.45, 7) is 3.09. The van der Waals surface area contributed by atoms with Crippen molar-refractivity contribution < 1.29 is 100 Å². The summed E-state index contributed by atoms with van der Waals surface area (Å²) >= 11 is 0. The number of carbonyl (C=O) groups is 8. The Hall–Kier alpha value is -8.00. The number of anilines is 1. The van der Waals surface area contributed by atoms with E-state index >= 15 is 4.39 Å². The van der Waals surface area contributed by atoms with Gasteiger partial charge in [0.05, 0.1) is 53.0 Å². The quantitative estimate of drug-likeness (QED) is 0.0297. The van der Waals surface area contributed by atoms with Crippen LogP contribution < -0.4 is 20.9 Å². The zero-order chi connectivity index (χ0) is 63.3. The van der Waals surface area contributed by atoms with Crippen LogP contribution in [-0.4, -0.2) is 189 Å². The van der Waals surface area contributed by atoms with Crippen molar-refractivity contribution in [2.45, 2.75) is 122 Å². The minimum atomic E-state index is -3.72. The molecule has 87 heavy (non-hydrogen) atoms. The zero-order valence-electron chi connectivity index (χ0n) is 48.2. The molecule has 2 fully saturated rings. The van der Waals surface area contributed by atoms with Crippen LogP contribution in [0.25, 0.3) is 22.3 Å². The van der Waals surface area contributed by atoms with Crippen LogP contribution in [0.15, 0.2) is 35.1 Å². The molecule has 3 unspecified atom stereocenters. The summed E-state index contributed by atoms with van der Waals surface area (Å²) in [5, 5.41) is 58.5. The molecule has 8 atom stereocenters. The van der Waals surface area contributed by atoms with Gasteiger partial charge in [-0.05, 0) is 72.6 Å². The summed E-state index contributed by atoms with van der Waals surface area (Å²) in [6.07, 6.45) is -10.3. The maximum Gasteiger partial charge on any atom is 0.411 e. The van der Waals surface area contributed by atoms with Gasteiger partial charge >= 0.3 is 18.0 Å². The number of carboxylic acids is 1. The molecule has 2 aromatic heterocycles. The number of pyridine rings is 2. The molecule has 7 N–H and O–H groups in total. The average molecular weight is 1240 g/mol. The molecule has 6 heterocycles. The van der Waals surface area contributed by atoms with Gasteiger partial charge in [0.15, 0.2) is 11.7 Å². The van der Waals surface area contributed by atoms with Gasteiger partial charge in [-0.1, -0.05) is 26.8 Å². The molecule has 9 rings (SSSR count). The number of sulfone groups is 1. The monoisotopic (exact) mass is 1240 g/mol. The van der Waals surface area contributed by atoms with E-state index in [1.54, 1.807) is 27.7 Å². The summed E-state index contributed by atoms with van der Waals surface area (Å²) < 4.78 is 69.2. The number of amides is 6. The van der Waals surface area contributed by atoms with Crippen molar-refractivity contribution in [3.8, 4) is 17.1 Å². The molecule has 1 aliphatic carbocycles. The Balaban J connectivity index is 0.893. The number of hydrogen-bond acceptors (Lipinski definition) is 21. The fourth-order valence-electron chi connectivity index (χ4n) is 11.4. The second-order valence-corrected chi connectivity index (χ2v) is 24.8. The van der Waals surface area contributed by atoms with Crippen molar-refractivity contribution >= 4 is 74.0 Å². The van der Waals surface area contributed by atoms with Gasteiger partial charge in [-0.3, -0.25) is 38.6 Å². The molecule has 5 aliphatic rings. The lowest BCUT2D eigenvalue weighted by Gasteiger charge is -2.38. The number of esters is 1. The summed E-state index contributed by atoms with van der Waals surface area (Å²) in [6, 6.07) is 5.72. The Morgan fingerprint density at radius 2 is 1.74 bits per heavy atom. The van der Waals surface area contributed by atoms with Gasteiger partial charge in [0.2, 0.25) is 35.8 Å². The number of aromatic nitrogens is 2. The van der Waals surface area contributed by atoms with Gasteiger partial charge in [0.25, 0.3) is 5.56 Å². The second-order valence-electron chi connectivity index (χ2n) is 22.6. The standard InChI is InChI=1S/C57H66FN7O21S/c1-7-57(79)33-18-38-46-31(20-65(38)52(74)32(33)23-83-55(57)77)45-35(10-9-29-27(4)34(58)19-37(61-46)44(29)45)59-41(67)24-82-25-63(14-15-87(6,80)81)56(78)84-22-28-8-11-39(85-54-49(72)47(70)48(71)50(86-54)53(75)76)36(16-28)60-40(66)21-62(5)42(68)12-13-64-43(69)17-30(26(2)3)51(64)73/h8,11,16,18-19,26,30,35,47-50,54,70-72,79H,7,9-10,12-15,17,20-25H2,1-6H3,(H,59,67)(H,60,66)(H,75,76)/t30?,35-,47-,48-,49?,50?,54+,57-/m0/s1. The topological polar surface area (TPSA) is 387 Å². The Bertz CT molecular complexity index is 3690. The summed E-state index contributed by atoms with van der Waals surface area (Å²) in [5.41, 5.74) is 0.279. The fourth-order valence-corrected chi connectivity index (χ4v) is 12.0. The van der Waals surface area contributed by atoms with E-state index in [4.69, 9.17) is 28.7 Å². The van der Waals surface area contributed by atoms with Crippen LogP contribution in [0, 0.1) is 24.6 Å². The van der Waals surface area contributed by atoms with Crippen molar-refractivity contribution in [3.63, 3.8) is 0 Å². The van der Waals surface area contributed by atoms with Crippen molar-refractivity contribution in [3.05, 3.63) is 85.4 Å². The van der Waals surface area contributed by atoms with E-state index in [-0.39, 0.29) is 96.3 Å². The van der Waals surface area contributed by atoms with Crippen molar-refractivity contribution in [2.75, 3.05) is 57.3 Å². The molecule has 28 nitrogen and oxygen atoms in total. The first-order valence-corrected chi connectivity index (χ1v) is 30.0. The van der Waals surface area contributed by atoms with E-state index in [1.807, 2.05) is 0 Å². The highest BCUT2D eigenvalue weighted by atomic mass is 32.2. The lowest BCUT2D eigenvalue weighted by Crippen LogP contribution is -2.61. The molecule has 0 radical (unpaired) electrons. The largest absolute Gasteiger partial charge is 0.479 e. The van der Waals surface area contributed by atoms with Crippen LogP contribution in [0.4, 0.5) is 14.9 Å². The number of nitrogens with one attached hydrogen (secondary N) is 2. The van der Waals surface area contributed by atoms with Gasteiger partial charge in [-0.15, -0.1) is 0 Å². The maximum absolute atomic E-state index is 15.5. The third kappa shape index (κ3) is 12.7. The van der Waals surface area contributed by atoms with E-state index in [1.165, 1.54) is 41.9 Å². The first-order valence-electron chi connectivity index (χ1n) is 27.9. The smallest absolute Gasteiger partial charge is 0.411 e. The number of likely N-dealkylation sites (N-methyl/N-ethyl adjacent to an activating group) is 1. The second kappa shape index (κ2) is 25.0. The number of nitrogens with zero attached hydrogens (tertiary/aromatic N) is 5. The number of halogens is 1. The number of imide groups is 1. The molecule has 4 aromatic rings. The molecule has 30 heteroatoms. The molecule has 0 spiro atoms. The summed E-state index contributed by atoms with van der Waals surface area (Å²) in [7, 11) is -2.44. The average Bonchev–Trinajstić information content (AvgIpc) is 1.66. The molecule has 2 aromatic carbocycles.